The fourth-order valence-electron chi connectivity index (χ4n) is 3.72. The second kappa shape index (κ2) is 9.40. The van der Waals surface area contributed by atoms with Gasteiger partial charge in [0.05, 0.1) is 13.7 Å². The van der Waals surface area contributed by atoms with Gasteiger partial charge in [-0.1, -0.05) is 31.4 Å². The van der Waals surface area contributed by atoms with Crippen molar-refractivity contribution < 1.29 is 14.3 Å². The highest BCUT2D eigenvalue weighted by Gasteiger charge is 2.18. The zero-order chi connectivity index (χ0) is 19.9. The number of amides is 2. The van der Waals surface area contributed by atoms with E-state index in [4.69, 9.17) is 4.74 Å². The van der Waals surface area contributed by atoms with Crippen molar-refractivity contribution in [1.82, 2.24) is 4.90 Å². The summed E-state index contributed by atoms with van der Waals surface area (Å²) in [6.45, 7) is -0.00472. The lowest BCUT2D eigenvalue weighted by atomic mass is 9.84. The number of benzene rings is 2. The minimum atomic E-state index is -0.236. The Kier molecular flexibility index (Phi) is 6.69. The van der Waals surface area contributed by atoms with E-state index in [1.165, 1.54) is 42.6 Å². The molecule has 0 radical (unpaired) electrons. The van der Waals surface area contributed by atoms with Crippen LogP contribution in [0.1, 0.15) is 53.9 Å². The number of hydrogen-bond acceptors (Lipinski definition) is 3. The molecule has 2 amide bonds. The first-order valence-electron chi connectivity index (χ1n) is 9.86. The van der Waals surface area contributed by atoms with Crippen LogP contribution in [0.3, 0.4) is 0 Å². The Morgan fingerprint density at radius 3 is 2.25 bits per heavy atom. The molecule has 0 heterocycles. The Morgan fingerprint density at radius 2 is 1.64 bits per heavy atom. The molecular formula is C23H28N2O3. The molecule has 1 fully saturated rings. The van der Waals surface area contributed by atoms with Gasteiger partial charge in [-0.05, 0) is 60.7 Å². The maximum Gasteiger partial charge on any atom is 0.254 e. The molecule has 1 aliphatic rings. The molecule has 0 saturated heterocycles. The number of rotatable bonds is 6. The zero-order valence-electron chi connectivity index (χ0n) is 16.6. The molecule has 0 aromatic heterocycles. The number of carbonyl (C=O) groups is 2. The topological polar surface area (TPSA) is 58.6 Å². The van der Waals surface area contributed by atoms with Gasteiger partial charge in [-0.15, -0.1) is 0 Å². The Bertz CT molecular complexity index is 794. The second-order valence-electron chi connectivity index (χ2n) is 7.39. The Hall–Kier alpha value is -2.82. The Morgan fingerprint density at radius 1 is 1.00 bits per heavy atom. The first-order chi connectivity index (χ1) is 13.6. The lowest BCUT2D eigenvalue weighted by molar-refractivity contribution is -0.116. The summed E-state index contributed by atoms with van der Waals surface area (Å²) in [5.41, 5.74) is 2.60. The fourth-order valence-corrected chi connectivity index (χ4v) is 3.72. The standard InChI is InChI=1S/C23H28N2O3/c1-25(16-22(26)24-20-12-14-21(28-2)15-13-20)23(27)19-10-8-18(9-11-19)17-6-4-3-5-7-17/h8-15,17H,3-7,16H2,1-2H3,(H,24,26). The third kappa shape index (κ3) is 5.12. The largest absolute Gasteiger partial charge is 0.497 e. The number of carbonyl (C=O) groups excluding carboxylic acids is 2. The van der Waals surface area contributed by atoms with Crippen molar-refractivity contribution in [3.05, 3.63) is 59.7 Å². The van der Waals surface area contributed by atoms with Gasteiger partial charge < -0.3 is 15.0 Å². The van der Waals surface area contributed by atoms with Gasteiger partial charge in [0.2, 0.25) is 5.91 Å². The van der Waals surface area contributed by atoms with Crippen LogP contribution >= 0.6 is 0 Å². The van der Waals surface area contributed by atoms with Gasteiger partial charge in [0.15, 0.2) is 0 Å². The molecule has 28 heavy (non-hydrogen) atoms. The molecule has 0 atom stereocenters. The molecule has 0 unspecified atom stereocenters. The average Bonchev–Trinajstić information content (AvgIpc) is 2.74. The zero-order valence-corrected chi connectivity index (χ0v) is 16.6. The van der Waals surface area contributed by atoms with Crippen LogP contribution in [-0.2, 0) is 4.79 Å². The molecule has 0 aliphatic heterocycles. The Balaban J connectivity index is 1.54. The highest BCUT2D eigenvalue weighted by atomic mass is 16.5. The highest BCUT2D eigenvalue weighted by Crippen LogP contribution is 2.32. The van der Waals surface area contributed by atoms with E-state index >= 15 is 0 Å². The maximum absolute atomic E-state index is 12.6. The molecule has 0 spiro atoms. The normalized spacial score (nSPS) is 14.4. The van der Waals surface area contributed by atoms with E-state index in [1.54, 1.807) is 38.4 Å². The minimum Gasteiger partial charge on any atom is -0.497 e. The van der Waals surface area contributed by atoms with Crippen molar-refractivity contribution in [3.8, 4) is 5.75 Å². The quantitative estimate of drug-likeness (QED) is 0.805. The minimum absolute atomic E-state index is 0.00472. The van der Waals surface area contributed by atoms with E-state index in [9.17, 15) is 9.59 Å². The summed E-state index contributed by atoms with van der Waals surface area (Å²) in [7, 11) is 3.24. The summed E-state index contributed by atoms with van der Waals surface area (Å²) in [6.07, 6.45) is 6.38. The molecule has 1 saturated carbocycles. The molecular weight excluding hydrogens is 352 g/mol. The first-order valence-corrected chi connectivity index (χ1v) is 9.86. The second-order valence-corrected chi connectivity index (χ2v) is 7.39. The van der Waals surface area contributed by atoms with Gasteiger partial charge in [0.1, 0.15) is 5.75 Å². The van der Waals surface area contributed by atoms with E-state index in [2.05, 4.69) is 17.4 Å². The average molecular weight is 380 g/mol. The third-order valence-corrected chi connectivity index (χ3v) is 5.34. The van der Waals surface area contributed by atoms with E-state index in [0.717, 1.165) is 5.75 Å². The smallest absolute Gasteiger partial charge is 0.254 e. The van der Waals surface area contributed by atoms with Crippen molar-refractivity contribution in [2.45, 2.75) is 38.0 Å². The van der Waals surface area contributed by atoms with Gasteiger partial charge in [-0.3, -0.25) is 9.59 Å². The third-order valence-electron chi connectivity index (χ3n) is 5.34. The highest BCUT2D eigenvalue weighted by molar-refractivity contribution is 5.99. The molecule has 3 rings (SSSR count). The van der Waals surface area contributed by atoms with Crippen molar-refractivity contribution in [1.29, 1.82) is 0 Å². The number of hydrogen-bond donors (Lipinski definition) is 1. The van der Waals surface area contributed by atoms with Crippen molar-refractivity contribution in [2.75, 3.05) is 26.0 Å². The number of likely N-dealkylation sites (N-methyl/N-ethyl adjacent to an activating group) is 1. The van der Waals surface area contributed by atoms with Crippen LogP contribution in [0.5, 0.6) is 5.75 Å². The fraction of sp³-hybridized carbons (Fsp3) is 0.391. The monoisotopic (exact) mass is 380 g/mol. The van der Waals surface area contributed by atoms with Crippen molar-refractivity contribution in [2.24, 2.45) is 0 Å². The molecule has 148 valence electrons. The van der Waals surface area contributed by atoms with E-state index < -0.39 is 0 Å². The van der Waals surface area contributed by atoms with Crippen LogP contribution in [0.15, 0.2) is 48.5 Å². The number of ether oxygens (including phenoxy) is 1. The Labute approximate surface area is 166 Å². The molecule has 1 aliphatic carbocycles. The van der Waals surface area contributed by atoms with Crippen molar-refractivity contribution in [3.63, 3.8) is 0 Å². The number of methoxy groups -OCH3 is 1. The van der Waals surface area contributed by atoms with Gasteiger partial charge in [0, 0.05) is 18.3 Å². The van der Waals surface area contributed by atoms with Crippen LogP contribution in [-0.4, -0.2) is 37.4 Å². The summed E-state index contributed by atoms with van der Waals surface area (Å²) in [5, 5.41) is 2.79. The summed E-state index contributed by atoms with van der Waals surface area (Å²) in [4.78, 5) is 26.3. The van der Waals surface area contributed by atoms with Crippen LogP contribution in [0.4, 0.5) is 5.69 Å². The summed E-state index contributed by atoms with van der Waals surface area (Å²) >= 11 is 0. The molecule has 2 aromatic carbocycles. The molecule has 2 aromatic rings. The predicted molar refractivity (Wildman–Crippen MR) is 111 cm³/mol. The van der Waals surface area contributed by atoms with E-state index in [-0.39, 0.29) is 18.4 Å². The lowest BCUT2D eigenvalue weighted by Gasteiger charge is -2.22. The van der Waals surface area contributed by atoms with Gasteiger partial charge >= 0.3 is 0 Å². The maximum atomic E-state index is 12.6. The summed E-state index contributed by atoms with van der Waals surface area (Å²) in [5.74, 6) is 0.952. The first kappa shape index (κ1) is 19.9. The van der Waals surface area contributed by atoms with Gasteiger partial charge in [-0.2, -0.15) is 0 Å². The summed E-state index contributed by atoms with van der Waals surface area (Å²) < 4.78 is 5.10. The molecule has 1 N–H and O–H groups in total. The van der Waals surface area contributed by atoms with Crippen molar-refractivity contribution >= 4 is 17.5 Å². The van der Waals surface area contributed by atoms with Crippen LogP contribution in [0.2, 0.25) is 0 Å². The molecule has 0 bridgehead atoms. The number of nitrogens with zero attached hydrogens (tertiary/aromatic N) is 1. The summed E-state index contributed by atoms with van der Waals surface area (Å²) in [6, 6.07) is 15.0. The lowest BCUT2D eigenvalue weighted by Crippen LogP contribution is -2.34. The van der Waals surface area contributed by atoms with Gasteiger partial charge in [-0.25, -0.2) is 0 Å². The van der Waals surface area contributed by atoms with E-state index in [1.807, 2.05) is 12.1 Å². The van der Waals surface area contributed by atoms with Gasteiger partial charge in [0.25, 0.3) is 5.91 Å². The van der Waals surface area contributed by atoms with Crippen LogP contribution in [0.25, 0.3) is 0 Å². The van der Waals surface area contributed by atoms with E-state index in [0.29, 0.717) is 17.2 Å². The molecule has 5 nitrogen and oxygen atoms in total. The SMILES string of the molecule is COc1ccc(NC(=O)CN(C)C(=O)c2ccc(C3CCCCC3)cc2)cc1. The van der Waals surface area contributed by atoms with Crippen LogP contribution < -0.4 is 10.1 Å². The molecule has 5 heteroatoms. The predicted octanol–water partition coefficient (Wildman–Crippen LogP) is 4.45. The number of anilines is 1. The number of nitrogens with one attached hydrogen (secondary N) is 1. The van der Waals surface area contributed by atoms with Crippen LogP contribution in [0, 0.1) is 0 Å².